The Labute approximate surface area is 537 Å². The molecule has 0 amide bonds. The molecule has 0 aliphatic heterocycles. The van der Waals surface area contributed by atoms with E-state index in [1.165, 1.54) is 16.9 Å². The van der Waals surface area contributed by atoms with E-state index in [9.17, 15) is 0 Å². The van der Waals surface area contributed by atoms with Gasteiger partial charge >= 0.3 is 0 Å². The lowest BCUT2D eigenvalue weighted by Crippen LogP contribution is -1.92. The van der Waals surface area contributed by atoms with Crippen molar-refractivity contribution in [2.75, 3.05) is 0 Å². The largest absolute Gasteiger partial charge is 0.449 e. The first-order valence-electron chi connectivity index (χ1n) is 31.2. The van der Waals surface area contributed by atoms with Crippen molar-refractivity contribution in [3.05, 3.63) is 208 Å². The van der Waals surface area contributed by atoms with E-state index >= 15 is 0 Å². The number of imidazole rings is 5. The number of para-hydroxylation sites is 2. The lowest BCUT2D eigenvalue weighted by molar-refractivity contribution is 0.521. The standard InChI is InChI=1S/3C9H10N2.2C8H9N3.C5H9N3.C4H5NO.C4H5NS.7C2H6/c1-7-10-8-5-3-4-6-9(8)11(7)2;2*1-7-8(2)11-6-4-3-5-9(11)10-7;2*1-6-7(2)11-5-3-4-9-8(11)10-6;1-4-6-7-5(2)8(4)3;2*1-4-5-2-3-6-4;7*1-2/h3*3-6H,1-2H3;2*3-5H,1-2H3;1-3H3;2*2-3H,1H3;7*1-2H3. The van der Waals surface area contributed by atoms with Crippen LogP contribution in [0, 0.1) is 90.0 Å². The SMILES string of the molecule is CC.CC.CC.CC.CC.CC.CC.Cc1nc2ccccc2n1C.Cc1nc2ccccn2c1C.Cc1nc2ccccn2c1C.Cc1nc2ncccn2c1C.Cc1nc2ncccn2c1C.Cc1ncco1.Cc1nccs1.Cc1nnc(C)n1C. The molecule has 1 aromatic carbocycles. The van der Waals surface area contributed by atoms with Gasteiger partial charge in [-0.1, -0.05) is 121 Å². The lowest BCUT2D eigenvalue weighted by Gasteiger charge is -1.93. The molecule has 0 saturated heterocycles. The molecular weight excluding hydrogens is 1130 g/mol. The van der Waals surface area contributed by atoms with Crippen LogP contribution in [0.15, 0.2) is 138 Å². The van der Waals surface area contributed by atoms with Crippen LogP contribution in [-0.4, -0.2) is 81.8 Å². The van der Waals surface area contributed by atoms with Gasteiger partial charge in [0.15, 0.2) is 5.89 Å². The lowest BCUT2D eigenvalue weighted by atomic mass is 10.3. The predicted octanol–water partition coefficient (Wildman–Crippen LogP) is 18.5. The second-order valence-corrected chi connectivity index (χ2v) is 18.3. The molecule has 0 aliphatic carbocycles. The molecule has 13 rings (SSSR count). The fourth-order valence-electron chi connectivity index (χ4n) is 7.07. The second kappa shape index (κ2) is 47.4. The summed E-state index contributed by atoms with van der Waals surface area (Å²) >= 11 is 1.67. The van der Waals surface area contributed by atoms with Crippen molar-refractivity contribution in [2.45, 2.75) is 187 Å². The third kappa shape index (κ3) is 26.7. The van der Waals surface area contributed by atoms with Crippen molar-refractivity contribution >= 4 is 45.2 Å². The zero-order valence-corrected chi connectivity index (χ0v) is 60.4. The van der Waals surface area contributed by atoms with Crippen LogP contribution in [0.25, 0.3) is 33.9 Å². The molecule has 0 saturated carbocycles. The number of aryl methyl sites for hydroxylation is 14. The highest BCUT2D eigenvalue weighted by Gasteiger charge is 2.05. The van der Waals surface area contributed by atoms with Gasteiger partial charge in [-0.25, -0.2) is 39.9 Å². The first-order chi connectivity index (χ1) is 42.9. The van der Waals surface area contributed by atoms with E-state index in [0.717, 1.165) is 90.9 Å². The number of thiazole rings is 1. The van der Waals surface area contributed by atoms with Crippen molar-refractivity contribution in [1.82, 2.24) is 81.8 Å². The Balaban J connectivity index is 0. The van der Waals surface area contributed by atoms with Gasteiger partial charge in [-0.2, -0.15) is 0 Å². The van der Waals surface area contributed by atoms with Gasteiger partial charge in [-0.3, -0.25) is 13.8 Å². The molecule has 19 heteroatoms. The summed E-state index contributed by atoms with van der Waals surface area (Å²) in [7, 11) is 3.98. The zero-order chi connectivity index (χ0) is 68.2. The van der Waals surface area contributed by atoms with E-state index in [-0.39, 0.29) is 0 Å². The monoisotopic (exact) mass is 1240 g/mol. The minimum atomic E-state index is 0.718. The van der Waals surface area contributed by atoms with Crippen LogP contribution < -0.4 is 0 Å². The zero-order valence-electron chi connectivity index (χ0n) is 59.6. The highest BCUT2D eigenvalue weighted by atomic mass is 32.1. The van der Waals surface area contributed by atoms with Crippen LogP contribution >= 0.6 is 11.3 Å². The normalized spacial score (nSPS) is 9.18. The summed E-state index contributed by atoms with van der Waals surface area (Å²) < 4.78 is 16.9. The Hall–Kier alpha value is -8.71. The number of oxazole rings is 1. The molecule has 18 nitrogen and oxygen atoms in total. The molecule has 0 atom stereocenters. The molecule has 12 aromatic heterocycles. The van der Waals surface area contributed by atoms with Crippen LogP contribution in [0.4, 0.5) is 0 Å². The van der Waals surface area contributed by atoms with Crippen LogP contribution in [0.5, 0.6) is 0 Å². The molecule has 0 aliphatic rings. The van der Waals surface area contributed by atoms with Gasteiger partial charge in [0.05, 0.1) is 45.0 Å². The molecular formula is C70H109N17OS. The summed E-state index contributed by atoms with van der Waals surface area (Å²) in [4.78, 5) is 37.6. The van der Waals surface area contributed by atoms with E-state index in [1.54, 1.807) is 49.3 Å². The van der Waals surface area contributed by atoms with Crippen LogP contribution in [0.1, 0.15) is 171 Å². The van der Waals surface area contributed by atoms with Crippen LogP contribution in [-0.2, 0) is 14.1 Å². The van der Waals surface area contributed by atoms with Crippen molar-refractivity contribution in [3.63, 3.8) is 0 Å². The second-order valence-electron chi connectivity index (χ2n) is 17.2. The van der Waals surface area contributed by atoms with Crippen molar-refractivity contribution in [1.29, 1.82) is 0 Å². The predicted molar refractivity (Wildman–Crippen MR) is 378 cm³/mol. The third-order valence-corrected chi connectivity index (χ3v) is 12.9. The average molecular weight is 1240 g/mol. The summed E-state index contributed by atoms with van der Waals surface area (Å²) in [5, 5.41) is 10.8. The molecule has 486 valence electrons. The summed E-state index contributed by atoms with van der Waals surface area (Å²) in [5.74, 6) is 5.26. The number of nitrogens with zero attached hydrogens (tertiary/aromatic N) is 17. The van der Waals surface area contributed by atoms with Crippen molar-refractivity contribution in [3.8, 4) is 0 Å². The molecule has 0 spiro atoms. The minimum absolute atomic E-state index is 0.718. The number of pyridine rings is 2. The Bertz CT molecular complexity index is 3310. The van der Waals surface area contributed by atoms with Gasteiger partial charge in [-0.15, -0.1) is 21.5 Å². The third-order valence-electron chi connectivity index (χ3n) is 12.2. The van der Waals surface area contributed by atoms with Crippen molar-refractivity contribution in [2.24, 2.45) is 14.1 Å². The van der Waals surface area contributed by atoms with Gasteiger partial charge < -0.3 is 22.4 Å². The van der Waals surface area contributed by atoms with Crippen LogP contribution in [0.2, 0.25) is 0 Å². The van der Waals surface area contributed by atoms with Gasteiger partial charge in [0, 0.05) is 92.6 Å². The molecule has 0 unspecified atom stereocenters. The molecule has 0 fully saturated rings. The Morgan fingerprint density at radius 1 is 0.360 bits per heavy atom. The molecule has 0 bridgehead atoms. The Morgan fingerprint density at radius 2 is 0.753 bits per heavy atom. The van der Waals surface area contributed by atoms with E-state index in [2.05, 4.69) is 88.3 Å². The summed E-state index contributed by atoms with van der Waals surface area (Å²) in [5.41, 5.74) is 13.4. The Morgan fingerprint density at radius 3 is 1.06 bits per heavy atom. The highest BCUT2D eigenvalue weighted by molar-refractivity contribution is 7.09. The smallest absolute Gasteiger partial charge is 0.234 e. The molecule has 89 heavy (non-hydrogen) atoms. The first-order valence-corrected chi connectivity index (χ1v) is 32.1. The summed E-state index contributed by atoms with van der Waals surface area (Å²) in [6.07, 6.45) is 16.5. The summed E-state index contributed by atoms with van der Waals surface area (Å²) in [6, 6.07) is 24.0. The van der Waals surface area contributed by atoms with Gasteiger partial charge in [-0.05, 0) is 132 Å². The fourth-order valence-corrected chi connectivity index (χ4v) is 7.51. The number of hydrogen-bond acceptors (Lipinski definition) is 13. The Kier molecular flexibility index (Phi) is 43.8. The number of benzene rings is 1. The van der Waals surface area contributed by atoms with Crippen molar-refractivity contribution < 1.29 is 4.42 Å². The number of fused-ring (bicyclic) bond motifs is 5. The quantitative estimate of drug-likeness (QED) is 0.140. The number of rotatable bonds is 0. The molecule has 0 radical (unpaired) electrons. The summed E-state index contributed by atoms with van der Waals surface area (Å²) in [6.45, 7) is 53.9. The van der Waals surface area contributed by atoms with E-state index < -0.39 is 0 Å². The highest BCUT2D eigenvalue weighted by Crippen LogP contribution is 2.14. The maximum absolute atomic E-state index is 4.72. The first kappa shape index (κ1) is 82.4. The number of aromatic nitrogens is 17. The van der Waals surface area contributed by atoms with Gasteiger partial charge in [0.2, 0.25) is 11.6 Å². The van der Waals surface area contributed by atoms with E-state index in [1.807, 2.05) is 291 Å². The van der Waals surface area contributed by atoms with Gasteiger partial charge in [0.1, 0.15) is 35.0 Å². The molecule has 12 heterocycles. The van der Waals surface area contributed by atoms with Gasteiger partial charge in [0.25, 0.3) is 0 Å². The van der Waals surface area contributed by atoms with E-state index in [0.29, 0.717) is 0 Å². The minimum Gasteiger partial charge on any atom is -0.449 e. The topological polar surface area (TPSA) is 182 Å². The fraction of sp³-hybridized carbons (Fsp3) is 0.414. The maximum atomic E-state index is 4.72. The van der Waals surface area contributed by atoms with Crippen LogP contribution in [0.3, 0.4) is 0 Å². The molecule has 0 N–H and O–H groups in total. The maximum Gasteiger partial charge on any atom is 0.234 e. The van der Waals surface area contributed by atoms with E-state index in [4.69, 9.17) is 4.42 Å². The average Bonchev–Trinajstić information content (AvgIpc) is 3.67. The number of hydrogen-bond donors (Lipinski definition) is 0. The molecule has 13 aromatic rings.